The monoisotopic (exact) mass is 336 g/mol. The van der Waals surface area contributed by atoms with E-state index in [-0.39, 0.29) is 11.4 Å². The number of rotatable bonds is 4. The maximum Gasteiger partial charge on any atom is 0.276 e. The van der Waals surface area contributed by atoms with E-state index in [4.69, 9.17) is 0 Å². The molecule has 1 heterocycles. The summed E-state index contributed by atoms with van der Waals surface area (Å²) in [5, 5.41) is 18.0. The van der Waals surface area contributed by atoms with E-state index in [1.54, 1.807) is 29.8 Å². The third-order valence-electron chi connectivity index (χ3n) is 3.78. The molecule has 0 unspecified atom stereocenters. The summed E-state index contributed by atoms with van der Waals surface area (Å²) in [6.07, 6.45) is 0. The molecule has 7 nitrogen and oxygen atoms in total. The van der Waals surface area contributed by atoms with Crippen LogP contribution in [0.3, 0.4) is 0 Å². The summed E-state index contributed by atoms with van der Waals surface area (Å²) in [4.78, 5) is 23.0. The van der Waals surface area contributed by atoms with Gasteiger partial charge in [-0.05, 0) is 38.1 Å². The maximum atomic E-state index is 12.4. The molecular weight excluding hydrogens is 320 g/mol. The van der Waals surface area contributed by atoms with Crippen molar-refractivity contribution in [2.75, 3.05) is 5.32 Å². The first-order valence-electron chi connectivity index (χ1n) is 7.64. The van der Waals surface area contributed by atoms with E-state index in [0.29, 0.717) is 11.3 Å². The molecule has 0 atom stereocenters. The second-order valence-corrected chi connectivity index (χ2v) is 5.63. The Bertz CT molecular complexity index is 948. The second kappa shape index (κ2) is 6.56. The Hall–Kier alpha value is -3.48. The van der Waals surface area contributed by atoms with Crippen molar-refractivity contribution in [3.05, 3.63) is 81.7 Å². The zero-order valence-electron chi connectivity index (χ0n) is 13.8. The Morgan fingerprint density at radius 1 is 1.12 bits per heavy atom. The standard InChI is InChI=1S/C18H16N4O3/c1-12-8-9-14(11-17(12)22(24)25)19-18(23)16-10-13(2)21(20-16)15-6-4-3-5-7-15/h3-11H,1-2H3,(H,19,23). The minimum absolute atomic E-state index is 0.0382. The number of benzene rings is 2. The SMILES string of the molecule is Cc1ccc(NC(=O)c2cc(C)n(-c3ccccc3)n2)cc1[N+](=O)[O-]. The predicted molar refractivity (Wildman–Crippen MR) is 94.1 cm³/mol. The van der Waals surface area contributed by atoms with Crippen LogP contribution in [0.1, 0.15) is 21.7 Å². The van der Waals surface area contributed by atoms with Crippen LogP contribution in [0.5, 0.6) is 0 Å². The lowest BCUT2D eigenvalue weighted by Crippen LogP contribution is -2.13. The van der Waals surface area contributed by atoms with Crippen LogP contribution in [0.2, 0.25) is 0 Å². The Morgan fingerprint density at radius 2 is 1.84 bits per heavy atom. The summed E-state index contributed by atoms with van der Waals surface area (Å²) in [7, 11) is 0. The van der Waals surface area contributed by atoms with E-state index >= 15 is 0 Å². The van der Waals surface area contributed by atoms with Crippen molar-refractivity contribution in [2.45, 2.75) is 13.8 Å². The molecule has 1 N–H and O–H groups in total. The van der Waals surface area contributed by atoms with E-state index in [0.717, 1.165) is 11.4 Å². The summed E-state index contributed by atoms with van der Waals surface area (Å²) in [6, 6.07) is 15.7. The van der Waals surface area contributed by atoms with Gasteiger partial charge in [0.15, 0.2) is 5.69 Å². The highest BCUT2D eigenvalue weighted by Crippen LogP contribution is 2.23. The zero-order valence-corrected chi connectivity index (χ0v) is 13.8. The van der Waals surface area contributed by atoms with Gasteiger partial charge in [0.05, 0.1) is 10.6 Å². The Labute approximate surface area is 144 Å². The first-order valence-corrected chi connectivity index (χ1v) is 7.64. The first kappa shape index (κ1) is 16.4. The molecule has 3 aromatic rings. The molecule has 0 saturated carbocycles. The number of amides is 1. The van der Waals surface area contributed by atoms with Gasteiger partial charge in [-0.25, -0.2) is 4.68 Å². The maximum absolute atomic E-state index is 12.4. The Kier molecular flexibility index (Phi) is 4.30. The van der Waals surface area contributed by atoms with Crippen molar-refractivity contribution in [3.63, 3.8) is 0 Å². The molecule has 0 spiro atoms. The van der Waals surface area contributed by atoms with Crippen molar-refractivity contribution in [3.8, 4) is 5.69 Å². The Morgan fingerprint density at radius 3 is 2.52 bits per heavy atom. The Balaban J connectivity index is 1.85. The number of aryl methyl sites for hydroxylation is 2. The van der Waals surface area contributed by atoms with Gasteiger partial charge >= 0.3 is 0 Å². The number of hydrogen-bond acceptors (Lipinski definition) is 4. The van der Waals surface area contributed by atoms with Gasteiger partial charge in [-0.1, -0.05) is 24.3 Å². The zero-order chi connectivity index (χ0) is 18.0. The molecule has 0 aliphatic heterocycles. The highest BCUT2D eigenvalue weighted by atomic mass is 16.6. The molecule has 126 valence electrons. The lowest BCUT2D eigenvalue weighted by Gasteiger charge is -2.05. The van der Waals surface area contributed by atoms with Crippen LogP contribution in [0, 0.1) is 24.0 Å². The highest BCUT2D eigenvalue weighted by molar-refractivity contribution is 6.03. The van der Waals surface area contributed by atoms with Crippen LogP contribution in [0.15, 0.2) is 54.6 Å². The molecule has 7 heteroatoms. The molecule has 0 aliphatic carbocycles. The van der Waals surface area contributed by atoms with Crippen LogP contribution < -0.4 is 5.32 Å². The van der Waals surface area contributed by atoms with Gasteiger partial charge in [0, 0.05) is 23.0 Å². The van der Waals surface area contributed by atoms with Crippen LogP contribution in [-0.2, 0) is 0 Å². The minimum atomic E-state index is -0.473. The third-order valence-corrected chi connectivity index (χ3v) is 3.78. The lowest BCUT2D eigenvalue weighted by atomic mass is 10.2. The topological polar surface area (TPSA) is 90.1 Å². The molecule has 3 rings (SSSR count). The van der Waals surface area contributed by atoms with Crippen LogP contribution >= 0.6 is 0 Å². The number of nitrogens with one attached hydrogen (secondary N) is 1. The van der Waals surface area contributed by atoms with E-state index in [9.17, 15) is 14.9 Å². The number of hydrogen-bond donors (Lipinski definition) is 1. The minimum Gasteiger partial charge on any atom is -0.320 e. The first-order chi connectivity index (χ1) is 12.0. The van der Waals surface area contributed by atoms with Crippen LogP contribution in [0.25, 0.3) is 5.69 Å². The molecule has 0 bridgehead atoms. The third kappa shape index (κ3) is 3.40. The molecule has 0 aliphatic rings. The molecule has 1 amide bonds. The smallest absolute Gasteiger partial charge is 0.276 e. The number of nitro groups is 1. The predicted octanol–water partition coefficient (Wildman–Crippen LogP) is 3.65. The summed E-state index contributed by atoms with van der Waals surface area (Å²) in [5.74, 6) is -0.420. The summed E-state index contributed by atoms with van der Waals surface area (Å²) < 4.78 is 1.67. The number of carbonyl (C=O) groups excluding carboxylic acids is 1. The molecular formula is C18H16N4O3. The van der Waals surface area contributed by atoms with Gasteiger partial charge in [-0.3, -0.25) is 14.9 Å². The highest BCUT2D eigenvalue weighted by Gasteiger charge is 2.16. The lowest BCUT2D eigenvalue weighted by molar-refractivity contribution is -0.385. The summed E-state index contributed by atoms with van der Waals surface area (Å²) >= 11 is 0. The fourth-order valence-corrected chi connectivity index (χ4v) is 2.49. The van der Waals surface area contributed by atoms with Crippen molar-refractivity contribution < 1.29 is 9.72 Å². The average molecular weight is 336 g/mol. The van der Waals surface area contributed by atoms with E-state index in [1.807, 2.05) is 37.3 Å². The number of anilines is 1. The number of para-hydroxylation sites is 1. The van der Waals surface area contributed by atoms with Crippen LogP contribution in [0.4, 0.5) is 11.4 Å². The van der Waals surface area contributed by atoms with Gasteiger partial charge in [-0.2, -0.15) is 5.10 Å². The number of nitrogens with zero attached hydrogens (tertiary/aromatic N) is 3. The molecule has 25 heavy (non-hydrogen) atoms. The second-order valence-electron chi connectivity index (χ2n) is 5.63. The van der Waals surface area contributed by atoms with Gasteiger partial charge in [0.1, 0.15) is 0 Å². The van der Waals surface area contributed by atoms with Crippen molar-refractivity contribution in [1.82, 2.24) is 9.78 Å². The van der Waals surface area contributed by atoms with E-state index in [2.05, 4.69) is 10.4 Å². The van der Waals surface area contributed by atoms with Crippen molar-refractivity contribution >= 4 is 17.3 Å². The quantitative estimate of drug-likeness (QED) is 0.581. The van der Waals surface area contributed by atoms with E-state index < -0.39 is 10.8 Å². The van der Waals surface area contributed by atoms with Gasteiger partial charge in [0.2, 0.25) is 0 Å². The largest absolute Gasteiger partial charge is 0.320 e. The average Bonchev–Trinajstić information content (AvgIpc) is 2.99. The van der Waals surface area contributed by atoms with Gasteiger partial charge in [0.25, 0.3) is 11.6 Å². The fraction of sp³-hybridized carbons (Fsp3) is 0.111. The summed E-state index contributed by atoms with van der Waals surface area (Å²) in [6.45, 7) is 3.50. The van der Waals surface area contributed by atoms with Gasteiger partial charge < -0.3 is 5.32 Å². The molecule has 0 fully saturated rings. The van der Waals surface area contributed by atoms with Crippen LogP contribution in [-0.4, -0.2) is 20.6 Å². The molecule has 0 saturated heterocycles. The number of aromatic nitrogens is 2. The molecule has 2 aromatic carbocycles. The normalized spacial score (nSPS) is 10.5. The molecule has 1 aromatic heterocycles. The molecule has 0 radical (unpaired) electrons. The van der Waals surface area contributed by atoms with Crippen molar-refractivity contribution in [2.24, 2.45) is 0 Å². The van der Waals surface area contributed by atoms with Crippen molar-refractivity contribution in [1.29, 1.82) is 0 Å². The fourth-order valence-electron chi connectivity index (χ4n) is 2.49. The summed E-state index contributed by atoms with van der Waals surface area (Å²) in [5.41, 5.74) is 2.76. The number of carbonyl (C=O) groups is 1. The number of nitro benzene ring substituents is 1. The van der Waals surface area contributed by atoms with E-state index in [1.165, 1.54) is 6.07 Å². The van der Waals surface area contributed by atoms with Gasteiger partial charge in [-0.15, -0.1) is 0 Å².